The van der Waals surface area contributed by atoms with Gasteiger partial charge in [-0.15, -0.1) is 0 Å². The quantitative estimate of drug-likeness (QED) is 0.861. The molecule has 2 aromatic rings. The average molecular weight is 321 g/mol. The maximum Gasteiger partial charge on any atom is 0.242 e. The van der Waals surface area contributed by atoms with E-state index in [1.807, 2.05) is 38.1 Å². The molecular formula is C20H23N3O. The molecule has 0 saturated heterocycles. The van der Waals surface area contributed by atoms with Crippen LogP contribution in [0.1, 0.15) is 42.5 Å². The number of hydrogen-bond donors (Lipinski definition) is 1. The predicted octanol–water partition coefficient (Wildman–Crippen LogP) is 3.51. The Morgan fingerprint density at radius 3 is 2.62 bits per heavy atom. The van der Waals surface area contributed by atoms with Gasteiger partial charge in [-0.05, 0) is 44.0 Å². The summed E-state index contributed by atoms with van der Waals surface area (Å²) in [6, 6.07) is 14.1. The van der Waals surface area contributed by atoms with Gasteiger partial charge in [0.15, 0.2) is 0 Å². The Bertz CT molecular complexity index is 793. The van der Waals surface area contributed by atoms with Gasteiger partial charge >= 0.3 is 0 Å². The highest BCUT2D eigenvalue weighted by atomic mass is 16.2. The largest absolute Gasteiger partial charge is 0.399 e. The van der Waals surface area contributed by atoms with Crippen molar-refractivity contribution in [3.8, 4) is 0 Å². The summed E-state index contributed by atoms with van der Waals surface area (Å²) in [5.74, 6) is 0.0416. The van der Waals surface area contributed by atoms with E-state index in [-0.39, 0.29) is 11.9 Å². The lowest BCUT2D eigenvalue weighted by molar-refractivity contribution is -0.132. The van der Waals surface area contributed by atoms with Crippen LogP contribution in [0.3, 0.4) is 0 Å². The molecule has 124 valence electrons. The van der Waals surface area contributed by atoms with Crippen molar-refractivity contribution in [2.75, 3.05) is 5.73 Å². The van der Waals surface area contributed by atoms with Crippen LogP contribution >= 0.6 is 0 Å². The fourth-order valence-electron chi connectivity index (χ4n) is 3.07. The van der Waals surface area contributed by atoms with Crippen molar-refractivity contribution in [1.29, 1.82) is 0 Å². The summed E-state index contributed by atoms with van der Waals surface area (Å²) in [6.45, 7) is 5.99. The van der Waals surface area contributed by atoms with E-state index in [1.165, 1.54) is 11.1 Å². The Kier molecular flexibility index (Phi) is 4.38. The minimum Gasteiger partial charge on any atom is -0.399 e. The highest BCUT2D eigenvalue weighted by Gasteiger charge is 2.26. The molecule has 4 heteroatoms. The lowest BCUT2D eigenvalue weighted by Gasteiger charge is -2.22. The molecule has 0 spiro atoms. The van der Waals surface area contributed by atoms with Crippen molar-refractivity contribution in [1.82, 2.24) is 5.01 Å². The monoisotopic (exact) mass is 321 g/mol. The van der Waals surface area contributed by atoms with Crippen molar-refractivity contribution in [2.45, 2.75) is 39.7 Å². The highest BCUT2D eigenvalue weighted by Crippen LogP contribution is 2.25. The molecule has 0 fully saturated rings. The Morgan fingerprint density at radius 1 is 1.25 bits per heavy atom. The number of nitrogen functional groups attached to an aromatic ring is 1. The smallest absolute Gasteiger partial charge is 0.242 e. The number of nitrogens with two attached hydrogens (primary N) is 1. The number of nitrogens with zero attached hydrogens (tertiary/aromatic N) is 2. The molecule has 1 amide bonds. The number of hydrazone groups is 1. The van der Waals surface area contributed by atoms with Crippen molar-refractivity contribution in [2.24, 2.45) is 5.10 Å². The van der Waals surface area contributed by atoms with Crippen LogP contribution in [-0.4, -0.2) is 22.7 Å². The third-order valence-corrected chi connectivity index (χ3v) is 4.40. The zero-order valence-corrected chi connectivity index (χ0v) is 14.4. The van der Waals surface area contributed by atoms with Gasteiger partial charge in [-0.25, -0.2) is 5.01 Å². The summed E-state index contributed by atoms with van der Waals surface area (Å²) < 4.78 is 0. The normalized spacial score (nSPS) is 17.0. The topological polar surface area (TPSA) is 58.7 Å². The lowest BCUT2D eigenvalue weighted by atomic mass is 9.93. The molecule has 1 aliphatic rings. The van der Waals surface area contributed by atoms with Crippen LogP contribution in [-0.2, 0) is 11.2 Å². The van der Waals surface area contributed by atoms with Crippen LogP contribution in [0.25, 0.3) is 0 Å². The molecule has 1 atom stereocenters. The second-order valence-electron chi connectivity index (χ2n) is 6.38. The SMILES string of the molecule is CCC(=O)N1N=C(c2ccc(N)cc2)c2cc(C)ccc2CC1C. The fraction of sp³-hybridized carbons (Fsp3) is 0.300. The van der Waals surface area contributed by atoms with Gasteiger partial charge in [0, 0.05) is 23.2 Å². The molecule has 1 unspecified atom stereocenters. The molecule has 1 heterocycles. The van der Waals surface area contributed by atoms with Gasteiger partial charge in [-0.3, -0.25) is 4.79 Å². The van der Waals surface area contributed by atoms with E-state index in [1.54, 1.807) is 5.01 Å². The first kappa shape index (κ1) is 16.2. The number of carbonyl (C=O) groups excluding carboxylic acids is 1. The first-order valence-corrected chi connectivity index (χ1v) is 8.36. The molecule has 3 rings (SSSR count). The van der Waals surface area contributed by atoms with Gasteiger partial charge in [-0.1, -0.05) is 36.8 Å². The second-order valence-corrected chi connectivity index (χ2v) is 6.38. The second kappa shape index (κ2) is 6.48. The Hall–Kier alpha value is -2.62. The molecule has 2 aromatic carbocycles. The van der Waals surface area contributed by atoms with Crippen LogP contribution in [0.15, 0.2) is 47.6 Å². The minimum absolute atomic E-state index is 0.0326. The van der Waals surface area contributed by atoms with E-state index in [9.17, 15) is 4.79 Å². The standard InChI is InChI=1S/C20H23N3O/c1-4-19(24)23-14(3)12-16-6-5-13(2)11-18(16)20(22-23)15-7-9-17(21)10-8-15/h5-11,14H,4,12,21H2,1-3H3. The third-order valence-electron chi connectivity index (χ3n) is 4.40. The summed E-state index contributed by atoms with van der Waals surface area (Å²) in [6.07, 6.45) is 1.24. The molecule has 2 N–H and O–H groups in total. The number of amides is 1. The van der Waals surface area contributed by atoms with Gasteiger partial charge in [-0.2, -0.15) is 5.10 Å². The number of carbonyl (C=O) groups is 1. The molecule has 24 heavy (non-hydrogen) atoms. The van der Waals surface area contributed by atoms with Gasteiger partial charge in [0.2, 0.25) is 5.91 Å². The van der Waals surface area contributed by atoms with E-state index in [2.05, 4.69) is 25.1 Å². The van der Waals surface area contributed by atoms with Crippen molar-refractivity contribution < 1.29 is 4.79 Å². The van der Waals surface area contributed by atoms with Gasteiger partial charge in [0.25, 0.3) is 0 Å². The van der Waals surface area contributed by atoms with E-state index in [4.69, 9.17) is 10.8 Å². The number of anilines is 1. The minimum atomic E-state index is 0.0326. The number of rotatable bonds is 2. The summed E-state index contributed by atoms with van der Waals surface area (Å²) in [7, 11) is 0. The Labute approximate surface area is 143 Å². The third kappa shape index (κ3) is 3.04. The zero-order chi connectivity index (χ0) is 17.3. The summed E-state index contributed by atoms with van der Waals surface area (Å²) in [5, 5.41) is 6.41. The van der Waals surface area contributed by atoms with Crippen LogP contribution in [0.5, 0.6) is 0 Å². The van der Waals surface area contributed by atoms with Crippen LogP contribution in [0.2, 0.25) is 0 Å². The molecule has 0 bridgehead atoms. The molecular weight excluding hydrogens is 298 g/mol. The summed E-state index contributed by atoms with van der Waals surface area (Å²) >= 11 is 0. The van der Waals surface area contributed by atoms with Crippen LogP contribution in [0, 0.1) is 6.92 Å². The molecule has 0 aliphatic carbocycles. The molecule has 4 nitrogen and oxygen atoms in total. The van der Waals surface area contributed by atoms with Crippen LogP contribution < -0.4 is 5.73 Å². The maximum absolute atomic E-state index is 12.4. The maximum atomic E-state index is 12.4. The molecule has 0 aromatic heterocycles. The first-order chi connectivity index (χ1) is 11.5. The van der Waals surface area contributed by atoms with Gasteiger partial charge in [0.05, 0.1) is 11.8 Å². The predicted molar refractivity (Wildman–Crippen MR) is 98.0 cm³/mol. The van der Waals surface area contributed by atoms with Crippen molar-refractivity contribution >= 4 is 17.3 Å². The summed E-state index contributed by atoms with van der Waals surface area (Å²) in [5.41, 5.74) is 11.8. The lowest BCUT2D eigenvalue weighted by Crippen LogP contribution is -2.34. The van der Waals surface area contributed by atoms with E-state index >= 15 is 0 Å². The average Bonchev–Trinajstić information content (AvgIpc) is 2.71. The van der Waals surface area contributed by atoms with E-state index in [0.29, 0.717) is 12.1 Å². The number of hydrogen-bond acceptors (Lipinski definition) is 3. The number of aryl methyl sites for hydroxylation is 1. The summed E-state index contributed by atoms with van der Waals surface area (Å²) in [4.78, 5) is 12.4. The van der Waals surface area contributed by atoms with Gasteiger partial charge in [0.1, 0.15) is 0 Å². The van der Waals surface area contributed by atoms with Crippen molar-refractivity contribution in [3.63, 3.8) is 0 Å². The number of benzene rings is 2. The molecule has 0 radical (unpaired) electrons. The Balaban J connectivity index is 2.20. The Morgan fingerprint density at radius 2 is 1.96 bits per heavy atom. The van der Waals surface area contributed by atoms with E-state index < -0.39 is 0 Å². The first-order valence-electron chi connectivity index (χ1n) is 8.36. The van der Waals surface area contributed by atoms with Crippen LogP contribution in [0.4, 0.5) is 5.69 Å². The molecule has 1 aliphatic heterocycles. The van der Waals surface area contributed by atoms with Crippen molar-refractivity contribution in [3.05, 3.63) is 64.7 Å². The molecule has 0 saturated carbocycles. The fourth-order valence-corrected chi connectivity index (χ4v) is 3.07. The van der Waals surface area contributed by atoms with E-state index in [0.717, 1.165) is 23.3 Å². The zero-order valence-electron chi connectivity index (χ0n) is 14.4. The number of fused-ring (bicyclic) bond motifs is 1. The van der Waals surface area contributed by atoms with Gasteiger partial charge < -0.3 is 5.73 Å². The highest BCUT2D eigenvalue weighted by molar-refractivity contribution is 6.14.